The van der Waals surface area contributed by atoms with E-state index in [1.165, 1.54) is 0 Å². The number of carbonyl (C=O) groups excluding carboxylic acids is 1. The molecule has 0 aliphatic carbocycles. The molecule has 0 saturated carbocycles. The van der Waals surface area contributed by atoms with E-state index in [9.17, 15) is 4.79 Å². The second kappa shape index (κ2) is 5.66. The Labute approximate surface area is 85.6 Å². The van der Waals surface area contributed by atoms with Gasteiger partial charge in [-0.05, 0) is 38.9 Å². The van der Waals surface area contributed by atoms with Gasteiger partial charge in [0, 0.05) is 12.3 Å². The number of amides is 1. The zero-order valence-corrected chi connectivity index (χ0v) is 8.54. The normalized spacial score (nSPS) is 19.1. The van der Waals surface area contributed by atoms with E-state index < -0.39 is 0 Å². The van der Waals surface area contributed by atoms with Crippen LogP contribution in [0.4, 0.5) is 0 Å². The van der Waals surface area contributed by atoms with Gasteiger partial charge < -0.3 is 10.6 Å². The Hall–Kier alpha value is -1.01. The van der Waals surface area contributed by atoms with Crippen molar-refractivity contribution in [3.05, 3.63) is 0 Å². The number of hydrogen-bond donors (Lipinski definition) is 1. The number of likely N-dealkylation sites (tertiary alicyclic amines) is 1. The van der Waals surface area contributed by atoms with Crippen LogP contribution in [0.5, 0.6) is 0 Å². The van der Waals surface area contributed by atoms with Crippen LogP contribution >= 0.6 is 0 Å². The lowest BCUT2D eigenvalue weighted by molar-refractivity contribution is -0.123. The van der Waals surface area contributed by atoms with Gasteiger partial charge in [0.2, 0.25) is 5.91 Å². The summed E-state index contributed by atoms with van der Waals surface area (Å²) >= 11 is 0. The van der Waals surface area contributed by atoms with E-state index in [0.717, 1.165) is 45.3 Å². The molecule has 0 bridgehead atoms. The molecule has 1 fully saturated rings. The van der Waals surface area contributed by atoms with Crippen LogP contribution < -0.4 is 5.73 Å². The van der Waals surface area contributed by atoms with Gasteiger partial charge >= 0.3 is 0 Å². The number of terminal acetylenes is 1. The van der Waals surface area contributed by atoms with Crippen LogP contribution in [-0.2, 0) is 4.79 Å². The van der Waals surface area contributed by atoms with Gasteiger partial charge in [-0.2, -0.15) is 0 Å². The summed E-state index contributed by atoms with van der Waals surface area (Å²) in [4.78, 5) is 13.3. The number of nitrogens with zero attached hydrogens (tertiary/aromatic N) is 1. The molecule has 1 aliphatic rings. The van der Waals surface area contributed by atoms with Crippen molar-refractivity contribution in [3.8, 4) is 12.3 Å². The molecule has 0 spiro atoms. The number of piperidine rings is 1. The number of carbonyl (C=O) groups is 1. The standard InChI is InChI=1S/C11H18N2O/c1-2-3-4-7-13-8-5-10(6-9-13)11(12)14/h1,10H,3-9H2,(H2,12,14). The Kier molecular flexibility index (Phi) is 4.48. The van der Waals surface area contributed by atoms with Crippen LogP contribution in [0.1, 0.15) is 25.7 Å². The predicted molar refractivity (Wildman–Crippen MR) is 56.4 cm³/mol. The molecule has 1 amide bonds. The number of unbranched alkanes of at least 4 members (excludes halogenated alkanes) is 1. The Bertz CT molecular complexity index is 224. The van der Waals surface area contributed by atoms with Crippen molar-refractivity contribution in [3.63, 3.8) is 0 Å². The average molecular weight is 194 g/mol. The summed E-state index contributed by atoms with van der Waals surface area (Å²) in [6, 6.07) is 0. The summed E-state index contributed by atoms with van der Waals surface area (Å²) in [6.07, 6.45) is 8.89. The number of primary amides is 1. The van der Waals surface area contributed by atoms with Crippen molar-refractivity contribution in [2.24, 2.45) is 11.7 Å². The highest BCUT2D eigenvalue weighted by Gasteiger charge is 2.22. The minimum atomic E-state index is -0.145. The van der Waals surface area contributed by atoms with Crippen molar-refractivity contribution in [2.75, 3.05) is 19.6 Å². The minimum Gasteiger partial charge on any atom is -0.369 e. The van der Waals surface area contributed by atoms with E-state index in [2.05, 4.69) is 10.8 Å². The maximum Gasteiger partial charge on any atom is 0.220 e. The highest BCUT2D eigenvalue weighted by molar-refractivity contribution is 5.76. The van der Waals surface area contributed by atoms with E-state index in [4.69, 9.17) is 12.2 Å². The summed E-state index contributed by atoms with van der Waals surface area (Å²) < 4.78 is 0. The molecule has 1 aliphatic heterocycles. The maximum atomic E-state index is 10.9. The van der Waals surface area contributed by atoms with Gasteiger partial charge in [-0.1, -0.05) is 0 Å². The van der Waals surface area contributed by atoms with Crippen LogP contribution in [0.3, 0.4) is 0 Å². The zero-order chi connectivity index (χ0) is 10.4. The molecular weight excluding hydrogens is 176 g/mol. The average Bonchev–Trinajstić information content (AvgIpc) is 2.19. The molecule has 0 aromatic heterocycles. The molecule has 0 aromatic rings. The van der Waals surface area contributed by atoms with E-state index in [1.807, 2.05) is 0 Å². The van der Waals surface area contributed by atoms with Crippen molar-refractivity contribution in [1.82, 2.24) is 4.90 Å². The highest BCUT2D eigenvalue weighted by Crippen LogP contribution is 2.16. The van der Waals surface area contributed by atoms with Gasteiger partial charge in [-0.15, -0.1) is 12.3 Å². The molecule has 0 radical (unpaired) electrons. The lowest BCUT2D eigenvalue weighted by atomic mass is 9.96. The first kappa shape index (κ1) is 11.1. The molecule has 0 unspecified atom stereocenters. The Balaban J connectivity index is 2.16. The third-order valence-corrected chi connectivity index (χ3v) is 2.79. The fourth-order valence-electron chi connectivity index (χ4n) is 1.85. The third kappa shape index (κ3) is 3.39. The molecule has 0 aromatic carbocycles. The lowest BCUT2D eigenvalue weighted by Gasteiger charge is -2.30. The minimum absolute atomic E-state index is 0.0962. The molecule has 2 N–H and O–H groups in total. The second-order valence-electron chi connectivity index (χ2n) is 3.83. The molecule has 3 heteroatoms. The van der Waals surface area contributed by atoms with Crippen LogP contribution in [0.25, 0.3) is 0 Å². The molecule has 3 nitrogen and oxygen atoms in total. The summed E-state index contributed by atoms with van der Waals surface area (Å²) in [5, 5.41) is 0. The monoisotopic (exact) mass is 194 g/mol. The van der Waals surface area contributed by atoms with E-state index in [1.54, 1.807) is 0 Å². The fourth-order valence-corrected chi connectivity index (χ4v) is 1.85. The summed E-state index contributed by atoms with van der Waals surface area (Å²) in [5.41, 5.74) is 5.25. The molecular formula is C11H18N2O. The quantitative estimate of drug-likeness (QED) is 0.526. The topological polar surface area (TPSA) is 46.3 Å². The predicted octanol–water partition coefficient (Wildman–Crippen LogP) is 0.597. The maximum absolute atomic E-state index is 10.9. The van der Waals surface area contributed by atoms with E-state index in [0.29, 0.717) is 0 Å². The molecule has 1 rings (SSSR count). The first-order chi connectivity index (χ1) is 6.74. The van der Waals surface area contributed by atoms with Gasteiger partial charge in [-0.25, -0.2) is 0 Å². The SMILES string of the molecule is C#CCCCN1CCC(C(N)=O)CC1. The van der Waals surface area contributed by atoms with Crippen molar-refractivity contribution in [1.29, 1.82) is 0 Å². The smallest absolute Gasteiger partial charge is 0.220 e. The third-order valence-electron chi connectivity index (χ3n) is 2.79. The summed E-state index contributed by atoms with van der Waals surface area (Å²) in [7, 11) is 0. The molecule has 1 heterocycles. The molecule has 14 heavy (non-hydrogen) atoms. The van der Waals surface area contributed by atoms with Crippen LogP contribution in [0.15, 0.2) is 0 Å². The highest BCUT2D eigenvalue weighted by atomic mass is 16.1. The Morgan fingerprint density at radius 1 is 1.50 bits per heavy atom. The summed E-state index contributed by atoms with van der Waals surface area (Å²) in [5.74, 6) is 2.58. The fraction of sp³-hybridized carbons (Fsp3) is 0.727. The Morgan fingerprint density at radius 3 is 2.64 bits per heavy atom. The molecule has 78 valence electrons. The summed E-state index contributed by atoms with van der Waals surface area (Å²) in [6.45, 7) is 3.02. The van der Waals surface area contributed by atoms with E-state index >= 15 is 0 Å². The van der Waals surface area contributed by atoms with E-state index in [-0.39, 0.29) is 11.8 Å². The zero-order valence-electron chi connectivity index (χ0n) is 8.54. The largest absolute Gasteiger partial charge is 0.369 e. The number of hydrogen-bond acceptors (Lipinski definition) is 2. The Morgan fingerprint density at radius 2 is 2.14 bits per heavy atom. The van der Waals surface area contributed by atoms with Crippen molar-refractivity contribution >= 4 is 5.91 Å². The lowest BCUT2D eigenvalue weighted by Crippen LogP contribution is -2.38. The van der Waals surface area contributed by atoms with Crippen LogP contribution in [0.2, 0.25) is 0 Å². The van der Waals surface area contributed by atoms with Crippen LogP contribution in [-0.4, -0.2) is 30.4 Å². The van der Waals surface area contributed by atoms with Gasteiger partial charge in [-0.3, -0.25) is 4.79 Å². The second-order valence-corrected chi connectivity index (χ2v) is 3.83. The first-order valence-electron chi connectivity index (χ1n) is 5.19. The van der Waals surface area contributed by atoms with Gasteiger partial charge in [0.1, 0.15) is 0 Å². The molecule has 1 saturated heterocycles. The van der Waals surface area contributed by atoms with Gasteiger partial charge in [0.25, 0.3) is 0 Å². The van der Waals surface area contributed by atoms with Crippen molar-refractivity contribution < 1.29 is 4.79 Å². The van der Waals surface area contributed by atoms with Crippen LogP contribution in [0, 0.1) is 18.3 Å². The first-order valence-corrected chi connectivity index (χ1v) is 5.19. The van der Waals surface area contributed by atoms with Gasteiger partial charge in [0.05, 0.1) is 0 Å². The number of rotatable bonds is 4. The molecule has 0 atom stereocenters. The van der Waals surface area contributed by atoms with Crippen molar-refractivity contribution in [2.45, 2.75) is 25.7 Å². The van der Waals surface area contributed by atoms with Gasteiger partial charge in [0.15, 0.2) is 0 Å². The number of nitrogens with two attached hydrogens (primary N) is 1.